The quantitative estimate of drug-likeness (QED) is 0.155. The number of benzene rings is 2. The number of amides is 3. The van der Waals surface area contributed by atoms with Crippen molar-refractivity contribution in [2.24, 2.45) is 5.41 Å². The molecule has 0 spiro atoms. The van der Waals surface area contributed by atoms with Gasteiger partial charge in [-0.1, -0.05) is 57.2 Å². The van der Waals surface area contributed by atoms with Gasteiger partial charge in [-0.25, -0.2) is 4.98 Å². The molecule has 6 N–H and O–H groups in total. The average Bonchev–Trinajstić information content (AvgIpc) is 3.76. The summed E-state index contributed by atoms with van der Waals surface area (Å²) in [5.41, 5.74) is 12.3. The van der Waals surface area contributed by atoms with E-state index in [1.165, 1.54) is 4.90 Å². The lowest BCUT2D eigenvalue weighted by Crippen LogP contribution is -2.59. The van der Waals surface area contributed by atoms with E-state index in [-0.39, 0.29) is 49.0 Å². The summed E-state index contributed by atoms with van der Waals surface area (Å²) in [5.74, 6) is -0.474. The van der Waals surface area contributed by atoms with E-state index in [0.717, 1.165) is 40.1 Å². The molecule has 0 radical (unpaired) electrons. The van der Waals surface area contributed by atoms with Crippen LogP contribution in [0.2, 0.25) is 0 Å². The molecule has 286 valence electrons. The minimum Gasteiger partial charge on any atom is -0.507 e. The van der Waals surface area contributed by atoms with Crippen LogP contribution in [0.25, 0.3) is 21.7 Å². The van der Waals surface area contributed by atoms with Crippen molar-refractivity contribution in [1.29, 1.82) is 0 Å². The number of anilines is 1. The molecule has 6 rings (SSSR count). The molecule has 0 aliphatic carbocycles. The van der Waals surface area contributed by atoms with Gasteiger partial charge in [-0.3, -0.25) is 19.3 Å². The molecule has 3 amide bonds. The number of phenols is 1. The molecule has 14 heteroatoms. The van der Waals surface area contributed by atoms with Crippen LogP contribution in [0.15, 0.2) is 60.1 Å². The lowest BCUT2D eigenvalue weighted by Gasteiger charge is -2.36. The first-order valence-corrected chi connectivity index (χ1v) is 19.3. The molecule has 4 heterocycles. The Balaban J connectivity index is 1.06. The van der Waals surface area contributed by atoms with E-state index in [0.29, 0.717) is 30.2 Å². The summed E-state index contributed by atoms with van der Waals surface area (Å²) in [6.07, 6.45) is 0.724. The molecule has 0 saturated carbocycles. The number of rotatable bonds is 10. The first-order valence-electron chi connectivity index (χ1n) is 18.4. The average molecular weight is 755 g/mol. The standard InChI is InChI=1S/C40H50N8O5S/c1-23(25-10-12-27(13-11-25)35-24(2)42-22-54-35)43-38(52)32-18-28(49)20-48(32)39(53)36(40(3,4)5)44-34(51)21-47-16-14-26(15-17-47)30-19-31(45-46-37(30)41)29-8-6-7-9-33(29)50/h6-13,19,22-23,26,28,32,36,49-50H,14-18,20-21H2,1-5H3,(H2,41,46)(H,43,52)(H,44,51)/t23-,28+,32-,36+/m0/s1. The van der Waals surface area contributed by atoms with Crippen LogP contribution in [0.1, 0.15) is 75.7 Å². The molecule has 2 saturated heterocycles. The molecule has 2 aromatic heterocycles. The van der Waals surface area contributed by atoms with Crippen molar-refractivity contribution in [1.82, 2.24) is 35.6 Å². The number of hydrogen-bond donors (Lipinski definition) is 5. The lowest BCUT2D eigenvalue weighted by atomic mass is 9.85. The fourth-order valence-corrected chi connectivity index (χ4v) is 8.20. The number of carbonyl (C=O) groups is 3. The smallest absolute Gasteiger partial charge is 0.246 e. The maximum atomic E-state index is 14.2. The number of aromatic hydroxyl groups is 1. The molecule has 2 aliphatic heterocycles. The van der Waals surface area contributed by atoms with E-state index in [1.54, 1.807) is 29.5 Å². The number of aliphatic hydroxyl groups excluding tert-OH is 1. The molecule has 13 nitrogen and oxygen atoms in total. The number of likely N-dealkylation sites (tertiary alicyclic amines) is 2. The van der Waals surface area contributed by atoms with Crippen LogP contribution in [0.3, 0.4) is 0 Å². The second-order valence-electron chi connectivity index (χ2n) is 15.5. The van der Waals surface area contributed by atoms with E-state index in [9.17, 15) is 24.6 Å². The highest BCUT2D eigenvalue weighted by Crippen LogP contribution is 2.35. The van der Waals surface area contributed by atoms with E-state index in [2.05, 4.69) is 25.8 Å². The van der Waals surface area contributed by atoms with Crippen molar-refractivity contribution in [3.63, 3.8) is 0 Å². The van der Waals surface area contributed by atoms with Crippen molar-refractivity contribution in [2.45, 2.75) is 84.0 Å². The van der Waals surface area contributed by atoms with Crippen LogP contribution in [0, 0.1) is 12.3 Å². The highest BCUT2D eigenvalue weighted by molar-refractivity contribution is 7.13. The molecule has 0 bridgehead atoms. The normalized spacial score (nSPS) is 19.3. The molecular formula is C40H50N8O5S. The molecule has 2 fully saturated rings. The van der Waals surface area contributed by atoms with E-state index < -0.39 is 29.5 Å². The monoisotopic (exact) mass is 754 g/mol. The van der Waals surface area contributed by atoms with Gasteiger partial charge in [0, 0.05) is 24.1 Å². The lowest BCUT2D eigenvalue weighted by molar-refractivity contribution is -0.144. The second kappa shape index (κ2) is 16.2. The number of aliphatic hydroxyl groups is 1. The molecular weight excluding hydrogens is 705 g/mol. The third-order valence-electron chi connectivity index (χ3n) is 10.5. The number of thiazole rings is 1. The summed E-state index contributed by atoms with van der Waals surface area (Å²) in [5, 5.41) is 35.4. The Hall–Kier alpha value is -4.92. The summed E-state index contributed by atoms with van der Waals surface area (Å²) >= 11 is 1.58. The summed E-state index contributed by atoms with van der Waals surface area (Å²) in [4.78, 5) is 50.2. The summed E-state index contributed by atoms with van der Waals surface area (Å²) < 4.78 is 0. The van der Waals surface area contributed by atoms with Crippen molar-refractivity contribution in [3.05, 3.63) is 76.9 Å². The fraction of sp³-hybridized carbons (Fsp3) is 0.450. The number of nitrogen functional groups attached to an aromatic ring is 1. The van der Waals surface area contributed by atoms with Gasteiger partial charge in [0.2, 0.25) is 17.7 Å². The first-order chi connectivity index (χ1) is 25.7. The number of nitrogens with zero attached hydrogens (tertiary/aromatic N) is 5. The Morgan fingerprint density at radius 2 is 1.74 bits per heavy atom. The summed E-state index contributed by atoms with van der Waals surface area (Å²) in [6, 6.07) is 14.7. The number of phenolic OH excluding ortho intramolecular Hbond substituents is 1. The van der Waals surface area contributed by atoms with Gasteiger partial charge in [0.05, 0.1) is 40.5 Å². The van der Waals surface area contributed by atoms with Crippen molar-refractivity contribution in [2.75, 3.05) is 31.9 Å². The number of piperidine rings is 1. The van der Waals surface area contributed by atoms with Gasteiger partial charge in [0.1, 0.15) is 23.7 Å². The molecule has 2 aliphatic rings. The Labute approximate surface area is 320 Å². The molecule has 2 aromatic carbocycles. The maximum Gasteiger partial charge on any atom is 0.246 e. The van der Waals surface area contributed by atoms with Gasteiger partial charge in [-0.05, 0) is 80.4 Å². The van der Waals surface area contributed by atoms with Gasteiger partial charge in [-0.15, -0.1) is 21.5 Å². The minimum atomic E-state index is -0.918. The van der Waals surface area contributed by atoms with Gasteiger partial charge >= 0.3 is 0 Å². The zero-order valence-electron chi connectivity index (χ0n) is 31.5. The molecule has 4 atom stereocenters. The molecule has 4 aromatic rings. The zero-order chi connectivity index (χ0) is 38.7. The SMILES string of the molecule is Cc1ncsc1-c1ccc([C@H](C)NC(=O)[C@@H]2C[C@@H](O)CN2C(=O)[C@@H](NC(=O)CN2CCC(c3cc(-c4ccccc4O)nnc3N)CC2)C(C)(C)C)cc1. The number of para-hydroxylation sites is 1. The Morgan fingerprint density at radius 1 is 1.04 bits per heavy atom. The van der Waals surface area contributed by atoms with Gasteiger partial charge in [-0.2, -0.15) is 0 Å². The Bertz CT molecular complexity index is 1970. The van der Waals surface area contributed by atoms with Gasteiger partial charge < -0.3 is 31.5 Å². The van der Waals surface area contributed by atoms with E-state index >= 15 is 0 Å². The highest BCUT2D eigenvalue weighted by atomic mass is 32.1. The number of carbonyl (C=O) groups excluding carboxylic acids is 3. The summed E-state index contributed by atoms with van der Waals surface area (Å²) in [6.45, 7) is 10.9. The number of aromatic nitrogens is 3. The van der Waals surface area contributed by atoms with Crippen molar-refractivity contribution >= 4 is 34.9 Å². The van der Waals surface area contributed by atoms with Crippen LogP contribution < -0.4 is 16.4 Å². The van der Waals surface area contributed by atoms with Crippen LogP contribution in [0.4, 0.5) is 5.82 Å². The fourth-order valence-electron chi connectivity index (χ4n) is 7.39. The van der Waals surface area contributed by atoms with Crippen LogP contribution in [-0.2, 0) is 14.4 Å². The van der Waals surface area contributed by atoms with Crippen LogP contribution in [-0.4, -0.2) is 97.3 Å². The van der Waals surface area contributed by atoms with Crippen molar-refractivity contribution < 1.29 is 24.6 Å². The molecule has 0 unspecified atom stereocenters. The van der Waals surface area contributed by atoms with E-state index in [4.69, 9.17) is 5.73 Å². The topological polar surface area (TPSA) is 187 Å². The minimum absolute atomic E-state index is 0.00274. The highest BCUT2D eigenvalue weighted by Gasteiger charge is 2.45. The van der Waals surface area contributed by atoms with E-state index in [1.807, 2.05) is 81.4 Å². The first kappa shape index (κ1) is 38.8. The molecule has 54 heavy (non-hydrogen) atoms. The predicted octanol–water partition coefficient (Wildman–Crippen LogP) is 4.41. The van der Waals surface area contributed by atoms with Gasteiger partial charge in [0.15, 0.2) is 0 Å². The zero-order valence-corrected chi connectivity index (χ0v) is 32.3. The largest absolute Gasteiger partial charge is 0.507 e. The van der Waals surface area contributed by atoms with Gasteiger partial charge in [0.25, 0.3) is 0 Å². The number of nitrogens with two attached hydrogens (primary N) is 1. The van der Waals surface area contributed by atoms with Crippen LogP contribution >= 0.6 is 11.3 Å². The Kier molecular flexibility index (Phi) is 11.6. The van der Waals surface area contributed by atoms with Crippen molar-refractivity contribution in [3.8, 4) is 27.4 Å². The number of β-amino-alcohol motifs (C(OH)–C–C–N with tert-alkyl or cyclic N) is 1. The van der Waals surface area contributed by atoms with Crippen LogP contribution in [0.5, 0.6) is 5.75 Å². The maximum absolute atomic E-state index is 14.2. The number of hydrogen-bond acceptors (Lipinski definition) is 11. The second-order valence-corrected chi connectivity index (χ2v) is 16.4. The third-order valence-corrected chi connectivity index (χ3v) is 11.5. The Morgan fingerprint density at radius 3 is 2.39 bits per heavy atom. The predicted molar refractivity (Wildman–Crippen MR) is 208 cm³/mol. The number of aryl methyl sites for hydroxylation is 1. The third kappa shape index (κ3) is 8.72. The number of nitrogens with one attached hydrogen (secondary N) is 2. The summed E-state index contributed by atoms with van der Waals surface area (Å²) in [7, 11) is 0.